The number of hydrogen-bond acceptors (Lipinski definition) is 3. The minimum atomic E-state index is -0.472. The number of rotatable bonds is 2. The van der Waals surface area contributed by atoms with Crippen LogP contribution in [0.2, 0.25) is 4.34 Å². The van der Waals surface area contributed by atoms with Crippen LogP contribution in [-0.4, -0.2) is 11.7 Å². The largest absolute Gasteiger partial charge is 0.300 e. The van der Waals surface area contributed by atoms with Crippen LogP contribution in [0.5, 0.6) is 0 Å². The highest BCUT2D eigenvalue weighted by Gasteiger charge is 2.35. The number of hydrogen-bond donors (Lipinski definition) is 0. The van der Waals surface area contributed by atoms with Crippen molar-refractivity contribution in [2.45, 2.75) is 6.54 Å². The predicted molar refractivity (Wildman–Crippen MR) is 71.3 cm³/mol. The molecule has 0 aliphatic carbocycles. The second kappa shape index (κ2) is 4.23. The number of amides is 1. The Morgan fingerprint density at radius 1 is 1.11 bits per heavy atom. The fourth-order valence-corrected chi connectivity index (χ4v) is 3.07. The van der Waals surface area contributed by atoms with E-state index >= 15 is 0 Å². The van der Waals surface area contributed by atoms with Crippen molar-refractivity contribution in [1.82, 2.24) is 0 Å². The van der Waals surface area contributed by atoms with Crippen LogP contribution in [0, 0.1) is 0 Å². The summed E-state index contributed by atoms with van der Waals surface area (Å²) in [5.74, 6) is -0.908. The van der Waals surface area contributed by atoms with Gasteiger partial charge in [0.1, 0.15) is 0 Å². The average molecular weight is 278 g/mol. The topological polar surface area (TPSA) is 37.4 Å². The van der Waals surface area contributed by atoms with Crippen molar-refractivity contribution >= 4 is 40.3 Å². The van der Waals surface area contributed by atoms with Gasteiger partial charge in [-0.3, -0.25) is 14.5 Å². The van der Waals surface area contributed by atoms with Crippen LogP contribution in [0.15, 0.2) is 36.4 Å². The molecule has 1 aliphatic rings. The van der Waals surface area contributed by atoms with E-state index < -0.39 is 11.7 Å². The molecule has 0 saturated carbocycles. The molecule has 1 aromatic heterocycles. The van der Waals surface area contributed by atoms with Gasteiger partial charge in [-0.2, -0.15) is 0 Å². The lowest BCUT2D eigenvalue weighted by atomic mass is 10.1. The predicted octanol–water partition coefficient (Wildman–Crippen LogP) is 3.13. The summed E-state index contributed by atoms with van der Waals surface area (Å²) in [5, 5.41) is 0. The number of ketones is 1. The number of nitrogens with zero attached hydrogens (tertiary/aromatic N) is 1. The van der Waals surface area contributed by atoms with Crippen LogP contribution >= 0.6 is 22.9 Å². The molecule has 3 nitrogen and oxygen atoms in total. The number of carbonyl (C=O) groups is 2. The molecule has 0 fully saturated rings. The number of fused-ring (bicyclic) bond motifs is 1. The molecule has 1 amide bonds. The van der Waals surface area contributed by atoms with Gasteiger partial charge in [-0.15, -0.1) is 11.3 Å². The SMILES string of the molecule is O=C1C(=O)N(Cc2ccc(Cl)s2)c2ccccc21. The number of benzene rings is 1. The van der Waals surface area contributed by atoms with Gasteiger partial charge in [-0.25, -0.2) is 0 Å². The van der Waals surface area contributed by atoms with E-state index in [1.807, 2.05) is 12.1 Å². The van der Waals surface area contributed by atoms with Gasteiger partial charge < -0.3 is 0 Å². The number of para-hydroxylation sites is 1. The molecule has 0 spiro atoms. The van der Waals surface area contributed by atoms with Crippen molar-refractivity contribution in [3.63, 3.8) is 0 Å². The van der Waals surface area contributed by atoms with Crippen molar-refractivity contribution in [2.24, 2.45) is 0 Å². The van der Waals surface area contributed by atoms with Gasteiger partial charge in [0.05, 0.1) is 22.1 Å². The maximum Gasteiger partial charge on any atom is 0.299 e. The van der Waals surface area contributed by atoms with Crippen LogP contribution in [0.25, 0.3) is 0 Å². The van der Waals surface area contributed by atoms with E-state index in [1.165, 1.54) is 16.2 Å². The Balaban J connectivity index is 1.98. The van der Waals surface area contributed by atoms with Gasteiger partial charge in [0.15, 0.2) is 0 Å². The molecule has 2 aromatic rings. The normalized spacial score (nSPS) is 14.2. The molecule has 0 N–H and O–H groups in total. The van der Waals surface area contributed by atoms with Gasteiger partial charge in [0, 0.05) is 4.88 Å². The third-order valence-electron chi connectivity index (χ3n) is 2.82. The third kappa shape index (κ3) is 1.74. The van der Waals surface area contributed by atoms with Crippen molar-refractivity contribution in [3.8, 4) is 0 Å². The molecule has 18 heavy (non-hydrogen) atoms. The minimum absolute atomic E-state index is 0.388. The highest BCUT2D eigenvalue weighted by Crippen LogP contribution is 2.31. The summed E-state index contributed by atoms with van der Waals surface area (Å²) in [7, 11) is 0. The molecule has 3 rings (SSSR count). The Morgan fingerprint density at radius 3 is 2.61 bits per heavy atom. The summed E-state index contributed by atoms with van der Waals surface area (Å²) in [6, 6.07) is 10.7. The molecular formula is C13H8ClNO2S. The zero-order valence-electron chi connectivity index (χ0n) is 9.22. The molecule has 1 aliphatic heterocycles. The summed E-state index contributed by atoms with van der Waals surface area (Å²) in [6.45, 7) is 0.388. The number of thiophene rings is 1. The first-order valence-corrected chi connectivity index (χ1v) is 6.55. The first-order valence-electron chi connectivity index (χ1n) is 5.36. The van der Waals surface area contributed by atoms with E-state index in [2.05, 4.69) is 0 Å². The second-order valence-electron chi connectivity index (χ2n) is 3.94. The number of carbonyl (C=O) groups excluding carboxylic acids is 2. The van der Waals surface area contributed by atoms with E-state index in [0.717, 1.165) is 4.88 Å². The van der Waals surface area contributed by atoms with Crippen LogP contribution < -0.4 is 4.90 Å². The Hall–Kier alpha value is -1.65. The molecule has 90 valence electrons. The standard InChI is InChI=1S/C13H8ClNO2S/c14-11-6-5-8(18-11)7-15-10-4-2-1-3-9(10)12(16)13(15)17/h1-6H,7H2. The molecular weight excluding hydrogens is 270 g/mol. The molecule has 1 aromatic carbocycles. The van der Waals surface area contributed by atoms with E-state index in [-0.39, 0.29) is 0 Å². The summed E-state index contributed by atoms with van der Waals surface area (Å²) < 4.78 is 0.677. The van der Waals surface area contributed by atoms with Crippen molar-refractivity contribution in [2.75, 3.05) is 4.90 Å². The Morgan fingerprint density at radius 2 is 1.89 bits per heavy atom. The van der Waals surface area contributed by atoms with Gasteiger partial charge >= 0.3 is 0 Å². The van der Waals surface area contributed by atoms with E-state index in [4.69, 9.17) is 11.6 Å². The molecule has 0 atom stereocenters. The zero-order chi connectivity index (χ0) is 12.7. The molecule has 0 radical (unpaired) electrons. The molecule has 0 bridgehead atoms. The fourth-order valence-electron chi connectivity index (χ4n) is 2.00. The van der Waals surface area contributed by atoms with Crippen LogP contribution in [0.3, 0.4) is 0 Å². The summed E-state index contributed by atoms with van der Waals surface area (Å²) >= 11 is 7.27. The van der Waals surface area contributed by atoms with Crippen molar-refractivity contribution in [1.29, 1.82) is 0 Å². The van der Waals surface area contributed by atoms with E-state index in [0.29, 0.717) is 22.1 Å². The highest BCUT2D eigenvalue weighted by molar-refractivity contribution is 7.16. The first kappa shape index (κ1) is 11.4. The molecule has 2 heterocycles. The van der Waals surface area contributed by atoms with Crippen molar-refractivity contribution in [3.05, 3.63) is 51.2 Å². The first-order chi connectivity index (χ1) is 8.66. The lowest BCUT2D eigenvalue weighted by Crippen LogP contribution is -2.28. The lowest BCUT2D eigenvalue weighted by molar-refractivity contribution is -0.114. The monoisotopic (exact) mass is 277 g/mol. The third-order valence-corrected chi connectivity index (χ3v) is 4.04. The number of anilines is 1. The number of Topliss-reactive ketones (excluding diaryl/α,β-unsaturated/α-hetero) is 1. The average Bonchev–Trinajstić information content (AvgIpc) is 2.88. The maximum absolute atomic E-state index is 11.9. The second-order valence-corrected chi connectivity index (χ2v) is 5.74. The molecule has 0 unspecified atom stereocenters. The lowest BCUT2D eigenvalue weighted by Gasteiger charge is -2.14. The van der Waals surface area contributed by atoms with Gasteiger partial charge in [-0.05, 0) is 24.3 Å². The highest BCUT2D eigenvalue weighted by atomic mass is 35.5. The zero-order valence-corrected chi connectivity index (χ0v) is 10.8. The molecule has 5 heteroatoms. The number of halogens is 1. The Kier molecular flexibility index (Phi) is 2.69. The van der Waals surface area contributed by atoms with Gasteiger partial charge in [0.25, 0.3) is 11.7 Å². The van der Waals surface area contributed by atoms with E-state index in [9.17, 15) is 9.59 Å². The minimum Gasteiger partial charge on any atom is -0.300 e. The van der Waals surface area contributed by atoms with Crippen LogP contribution in [0.1, 0.15) is 15.2 Å². The summed E-state index contributed by atoms with van der Waals surface area (Å²) in [6.07, 6.45) is 0. The molecule has 0 saturated heterocycles. The van der Waals surface area contributed by atoms with Crippen LogP contribution in [-0.2, 0) is 11.3 Å². The summed E-state index contributed by atoms with van der Waals surface area (Å²) in [5.41, 5.74) is 1.15. The summed E-state index contributed by atoms with van der Waals surface area (Å²) in [4.78, 5) is 26.2. The Labute approximate surface area is 113 Å². The fraction of sp³-hybridized carbons (Fsp3) is 0.0769. The smallest absolute Gasteiger partial charge is 0.299 e. The van der Waals surface area contributed by atoms with Gasteiger partial charge in [-0.1, -0.05) is 23.7 Å². The quantitative estimate of drug-likeness (QED) is 0.791. The van der Waals surface area contributed by atoms with Gasteiger partial charge in [0.2, 0.25) is 0 Å². The maximum atomic E-state index is 11.9. The Bertz CT molecular complexity index is 650. The van der Waals surface area contributed by atoms with Crippen molar-refractivity contribution < 1.29 is 9.59 Å². The van der Waals surface area contributed by atoms with Crippen LogP contribution in [0.4, 0.5) is 5.69 Å². The van der Waals surface area contributed by atoms with E-state index in [1.54, 1.807) is 24.3 Å².